The van der Waals surface area contributed by atoms with E-state index in [1.807, 2.05) is 36.4 Å². The Labute approximate surface area is 119 Å². The highest BCUT2D eigenvalue weighted by atomic mass is 32.2. The zero-order chi connectivity index (χ0) is 13.2. The molecule has 1 aromatic carbocycles. The van der Waals surface area contributed by atoms with E-state index >= 15 is 0 Å². The lowest BCUT2D eigenvalue weighted by Crippen LogP contribution is -2.17. The largest absolute Gasteiger partial charge is 0.464 e. The zero-order valence-corrected chi connectivity index (χ0v) is 11.4. The monoisotopic (exact) mass is 287 g/mol. The van der Waals surface area contributed by atoms with Gasteiger partial charge in [0.25, 0.3) is 5.91 Å². The van der Waals surface area contributed by atoms with Gasteiger partial charge < -0.3 is 9.73 Å². The third kappa shape index (κ3) is 2.62. The normalized spacial score (nSPS) is 16.9. The molecule has 19 heavy (non-hydrogen) atoms. The van der Waals surface area contributed by atoms with E-state index in [-0.39, 0.29) is 5.91 Å². The van der Waals surface area contributed by atoms with Crippen LogP contribution in [0.15, 0.2) is 52.0 Å². The number of thiocarbonyl (C=S) groups is 1. The Morgan fingerprint density at radius 1 is 1.21 bits per heavy atom. The van der Waals surface area contributed by atoms with Gasteiger partial charge in [-0.3, -0.25) is 4.79 Å². The van der Waals surface area contributed by atoms with Crippen LogP contribution in [0.25, 0.3) is 17.2 Å². The van der Waals surface area contributed by atoms with E-state index < -0.39 is 0 Å². The Morgan fingerprint density at radius 3 is 2.68 bits per heavy atom. The van der Waals surface area contributed by atoms with Gasteiger partial charge in [0.1, 0.15) is 10.1 Å². The number of nitrogens with one attached hydrogen (secondary N) is 1. The van der Waals surface area contributed by atoms with Crippen LogP contribution in [0.5, 0.6) is 0 Å². The summed E-state index contributed by atoms with van der Waals surface area (Å²) in [5.74, 6) is 0.467. The van der Waals surface area contributed by atoms with Crippen molar-refractivity contribution >= 4 is 40.3 Å². The standard InChI is InChI=1S/C14H9NO2S2/c16-13-12(19-14(18)15-13)7-11-6-10(8-17-11)9-4-2-1-3-5-9/h1-8H,(H,15,16,18)/b12-7-. The maximum Gasteiger partial charge on any atom is 0.263 e. The van der Waals surface area contributed by atoms with Crippen molar-refractivity contribution in [2.75, 3.05) is 0 Å². The molecule has 0 bridgehead atoms. The highest BCUT2D eigenvalue weighted by molar-refractivity contribution is 8.26. The predicted molar refractivity (Wildman–Crippen MR) is 80.5 cm³/mol. The fraction of sp³-hybridized carbons (Fsp3) is 0. The van der Waals surface area contributed by atoms with Crippen molar-refractivity contribution in [2.45, 2.75) is 0 Å². The van der Waals surface area contributed by atoms with Crippen molar-refractivity contribution in [1.82, 2.24) is 5.32 Å². The third-order valence-electron chi connectivity index (χ3n) is 2.64. The van der Waals surface area contributed by atoms with Crippen molar-refractivity contribution in [2.24, 2.45) is 0 Å². The first kappa shape index (κ1) is 12.2. The minimum Gasteiger partial charge on any atom is -0.464 e. The van der Waals surface area contributed by atoms with E-state index in [1.165, 1.54) is 11.8 Å². The van der Waals surface area contributed by atoms with Crippen molar-refractivity contribution in [3.63, 3.8) is 0 Å². The number of thioether (sulfide) groups is 1. The van der Waals surface area contributed by atoms with Crippen molar-refractivity contribution in [3.8, 4) is 11.1 Å². The number of carbonyl (C=O) groups is 1. The highest BCUT2D eigenvalue weighted by Gasteiger charge is 2.22. The Bertz CT molecular complexity index is 674. The fourth-order valence-electron chi connectivity index (χ4n) is 1.76. The maximum atomic E-state index is 11.5. The molecule has 0 atom stereocenters. The quantitative estimate of drug-likeness (QED) is 0.678. The molecule has 1 fully saturated rings. The number of hydrogen-bond donors (Lipinski definition) is 1. The number of rotatable bonds is 2. The van der Waals surface area contributed by atoms with Crippen LogP contribution in [0.4, 0.5) is 0 Å². The van der Waals surface area contributed by atoms with Gasteiger partial charge >= 0.3 is 0 Å². The van der Waals surface area contributed by atoms with Crippen LogP contribution < -0.4 is 5.32 Å². The molecule has 1 aliphatic rings. The smallest absolute Gasteiger partial charge is 0.263 e. The fourth-order valence-corrected chi connectivity index (χ4v) is 2.79. The summed E-state index contributed by atoms with van der Waals surface area (Å²) in [5, 5.41) is 2.57. The first-order valence-electron chi connectivity index (χ1n) is 5.61. The van der Waals surface area contributed by atoms with E-state index in [0.717, 1.165) is 11.1 Å². The summed E-state index contributed by atoms with van der Waals surface area (Å²) in [6.45, 7) is 0. The van der Waals surface area contributed by atoms with Gasteiger partial charge in [-0.25, -0.2) is 0 Å². The molecule has 3 rings (SSSR count). The molecule has 94 valence electrons. The number of amides is 1. The van der Waals surface area contributed by atoms with Crippen LogP contribution in [-0.4, -0.2) is 10.2 Å². The molecule has 1 aromatic heterocycles. The number of carbonyl (C=O) groups excluding carboxylic acids is 1. The van der Waals surface area contributed by atoms with E-state index in [9.17, 15) is 4.79 Å². The van der Waals surface area contributed by atoms with Crippen LogP contribution in [0.2, 0.25) is 0 Å². The van der Waals surface area contributed by atoms with Gasteiger partial charge in [0.05, 0.1) is 11.2 Å². The van der Waals surface area contributed by atoms with Gasteiger partial charge in [0.2, 0.25) is 0 Å². The summed E-state index contributed by atoms with van der Waals surface area (Å²) in [4.78, 5) is 12.1. The Balaban J connectivity index is 1.89. The molecule has 3 nitrogen and oxygen atoms in total. The van der Waals surface area contributed by atoms with Gasteiger partial charge in [-0.2, -0.15) is 0 Å². The zero-order valence-electron chi connectivity index (χ0n) is 9.75. The van der Waals surface area contributed by atoms with Crippen LogP contribution in [-0.2, 0) is 4.79 Å². The Kier molecular flexibility index (Phi) is 3.23. The summed E-state index contributed by atoms with van der Waals surface area (Å²) in [6.07, 6.45) is 3.38. The van der Waals surface area contributed by atoms with Gasteiger partial charge in [0.15, 0.2) is 0 Å². The molecule has 0 unspecified atom stereocenters. The first-order chi connectivity index (χ1) is 9.22. The molecule has 0 aliphatic carbocycles. The van der Waals surface area contributed by atoms with Crippen LogP contribution >= 0.6 is 24.0 Å². The van der Waals surface area contributed by atoms with Crippen molar-refractivity contribution in [1.29, 1.82) is 0 Å². The Morgan fingerprint density at radius 2 is 2.00 bits per heavy atom. The second kappa shape index (κ2) is 5.03. The first-order valence-corrected chi connectivity index (χ1v) is 6.84. The lowest BCUT2D eigenvalue weighted by molar-refractivity contribution is -0.115. The maximum absolute atomic E-state index is 11.5. The van der Waals surface area contributed by atoms with Crippen LogP contribution in [0.3, 0.4) is 0 Å². The SMILES string of the molecule is O=C1NC(=S)S/C1=C\c1cc(-c2ccccc2)co1. The minimum absolute atomic E-state index is 0.173. The van der Waals surface area contributed by atoms with Crippen LogP contribution in [0.1, 0.15) is 5.76 Å². The molecule has 1 aliphatic heterocycles. The van der Waals surface area contributed by atoms with Gasteiger partial charge in [-0.1, -0.05) is 54.3 Å². The molecule has 0 radical (unpaired) electrons. The molecule has 5 heteroatoms. The summed E-state index contributed by atoms with van der Waals surface area (Å²) in [6, 6.07) is 11.8. The summed E-state index contributed by atoms with van der Waals surface area (Å²) in [5.41, 5.74) is 2.06. The topological polar surface area (TPSA) is 42.2 Å². The minimum atomic E-state index is -0.173. The molecule has 2 heterocycles. The van der Waals surface area contributed by atoms with E-state index in [1.54, 1.807) is 12.3 Å². The van der Waals surface area contributed by atoms with Gasteiger partial charge in [-0.15, -0.1) is 0 Å². The van der Waals surface area contributed by atoms with E-state index in [0.29, 0.717) is 15.0 Å². The highest BCUT2D eigenvalue weighted by Crippen LogP contribution is 2.28. The molecular weight excluding hydrogens is 278 g/mol. The summed E-state index contributed by atoms with van der Waals surface area (Å²) >= 11 is 6.18. The van der Waals surface area contributed by atoms with Gasteiger partial charge in [0, 0.05) is 11.6 Å². The average Bonchev–Trinajstić information content (AvgIpc) is 2.99. The summed E-state index contributed by atoms with van der Waals surface area (Å²) < 4.78 is 5.93. The predicted octanol–water partition coefficient (Wildman–Crippen LogP) is 3.44. The van der Waals surface area contributed by atoms with Crippen molar-refractivity contribution < 1.29 is 9.21 Å². The number of benzene rings is 1. The second-order valence-corrected chi connectivity index (χ2v) is 5.67. The van der Waals surface area contributed by atoms with Crippen molar-refractivity contribution in [3.05, 3.63) is 53.3 Å². The Hall–Kier alpha value is -1.85. The molecule has 0 saturated carbocycles. The van der Waals surface area contributed by atoms with Gasteiger partial charge in [-0.05, 0) is 11.6 Å². The molecule has 0 spiro atoms. The molecule has 1 N–H and O–H groups in total. The molecule has 1 saturated heterocycles. The summed E-state index contributed by atoms with van der Waals surface area (Å²) in [7, 11) is 0. The molecule has 2 aromatic rings. The van der Waals surface area contributed by atoms with Crippen LogP contribution in [0, 0.1) is 0 Å². The van der Waals surface area contributed by atoms with E-state index in [2.05, 4.69) is 5.32 Å². The molecular formula is C14H9NO2S2. The van der Waals surface area contributed by atoms with E-state index in [4.69, 9.17) is 16.6 Å². The second-order valence-electron chi connectivity index (χ2n) is 3.96. The lowest BCUT2D eigenvalue weighted by atomic mass is 10.1. The number of furan rings is 1. The third-order valence-corrected chi connectivity index (χ3v) is 3.80. The number of hydrogen-bond acceptors (Lipinski definition) is 4. The molecule has 1 amide bonds. The average molecular weight is 287 g/mol. The lowest BCUT2D eigenvalue weighted by Gasteiger charge is -1.93.